The molecule has 0 saturated heterocycles. The van der Waals surface area contributed by atoms with Crippen molar-refractivity contribution in [3.05, 3.63) is 34.3 Å². The van der Waals surface area contributed by atoms with Crippen LogP contribution < -0.4 is 5.76 Å². The fourth-order valence-electron chi connectivity index (χ4n) is 1.56. The molecule has 0 aliphatic carbocycles. The van der Waals surface area contributed by atoms with E-state index in [1.165, 1.54) is 4.57 Å². The SMILES string of the molecule is CC(CO)c1ccc2oc(=O)n(C)c2c1. The van der Waals surface area contributed by atoms with Crippen molar-refractivity contribution < 1.29 is 9.52 Å². The molecule has 4 heteroatoms. The molecule has 1 atom stereocenters. The van der Waals surface area contributed by atoms with E-state index in [1.54, 1.807) is 13.1 Å². The quantitative estimate of drug-likeness (QED) is 0.805. The highest BCUT2D eigenvalue weighted by Gasteiger charge is 2.09. The molecule has 1 N–H and O–H groups in total. The summed E-state index contributed by atoms with van der Waals surface area (Å²) in [7, 11) is 1.67. The van der Waals surface area contributed by atoms with Gasteiger partial charge in [-0.3, -0.25) is 4.57 Å². The second kappa shape index (κ2) is 3.55. The van der Waals surface area contributed by atoms with E-state index in [4.69, 9.17) is 9.52 Å². The highest BCUT2D eigenvalue weighted by Crippen LogP contribution is 2.20. The maximum absolute atomic E-state index is 11.2. The van der Waals surface area contributed by atoms with E-state index in [0.29, 0.717) is 5.58 Å². The van der Waals surface area contributed by atoms with Crippen molar-refractivity contribution in [3.63, 3.8) is 0 Å². The molecule has 0 aliphatic rings. The lowest BCUT2D eigenvalue weighted by molar-refractivity contribution is 0.273. The fourth-order valence-corrected chi connectivity index (χ4v) is 1.56. The molecule has 0 aliphatic heterocycles. The van der Waals surface area contributed by atoms with Crippen LogP contribution in [0.15, 0.2) is 27.4 Å². The zero-order valence-corrected chi connectivity index (χ0v) is 8.73. The Labute approximate surface area is 86.8 Å². The Morgan fingerprint density at radius 1 is 1.53 bits per heavy atom. The number of aliphatic hydroxyl groups is 1. The van der Waals surface area contributed by atoms with Crippen molar-refractivity contribution in [2.75, 3.05) is 6.61 Å². The Morgan fingerprint density at radius 3 is 2.93 bits per heavy atom. The van der Waals surface area contributed by atoms with E-state index in [2.05, 4.69) is 0 Å². The molecule has 0 saturated carbocycles. The number of fused-ring (bicyclic) bond motifs is 1. The van der Waals surface area contributed by atoms with Crippen molar-refractivity contribution in [1.29, 1.82) is 0 Å². The molecule has 1 aromatic carbocycles. The highest BCUT2D eigenvalue weighted by molar-refractivity contribution is 5.73. The van der Waals surface area contributed by atoms with Gasteiger partial charge in [0.25, 0.3) is 0 Å². The highest BCUT2D eigenvalue weighted by atomic mass is 16.4. The molecule has 1 unspecified atom stereocenters. The van der Waals surface area contributed by atoms with E-state index in [0.717, 1.165) is 11.1 Å². The normalized spacial score (nSPS) is 13.3. The summed E-state index contributed by atoms with van der Waals surface area (Å²) in [5, 5.41) is 9.04. The van der Waals surface area contributed by atoms with E-state index in [1.807, 2.05) is 19.1 Å². The molecule has 4 nitrogen and oxygen atoms in total. The summed E-state index contributed by atoms with van der Waals surface area (Å²) in [6, 6.07) is 5.51. The van der Waals surface area contributed by atoms with Crippen LogP contribution in [0, 0.1) is 0 Å². The molecule has 0 amide bonds. The minimum absolute atomic E-state index is 0.0689. The van der Waals surface area contributed by atoms with Gasteiger partial charge in [0.2, 0.25) is 0 Å². The molecular formula is C11H13NO3. The van der Waals surface area contributed by atoms with Crippen LogP contribution in [-0.4, -0.2) is 16.3 Å². The van der Waals surface area contributed by atoms with Crippen molar-refractivity contribution in [2.24, 2.45) is 7.05 Å². The first kappa shape index (κ1) is 9.98. The number of rotatable bonds is 2. The molecule has 2 rings (SSSR count). The zero-order valence-electron chi connectivity index (χ0n) is 8.73. The molecule has 0 spiro atoms. The van der Waals surface area contributed by atoms with Gasteiger partial charge in [-0.15, -0.1) is 0 Å². The van der Waals surface area contributed by atoms with Gasteiger partial charge in [-0.25, -0.2) is 4.79 Å². The third-order valence-electron chi connectivity index (χ3n) is 2.66. The summed E-state index contributed by atoms with van der Waals surface area (Å²) >= 11 is 0. The molecule has 15 heavy (non-hydrogen) atoms. The molecule has 1 heterocycles. The molecule has 0 fully saturated rings. The monoisotopic (exact) mass is 207 g/mol. The van der Waals surface area contributed by atoms with Crippen LogP contribution in [0.2, 0.25) is 0 Å². The Bertz CT molecular complexity index is 538. The topological polar surface area (TPSA) is 55.4 Å². The Morgan fingerprint density at radius 2 is 2.27 bits per heavy atom. The third-order valence-corrected chi connectivity index (χ3v) is 2.66. The second-order valence-electron chi connectivity index (χ2n) is 3.74. The first-order valence-corrected chi connectivity index (χ1v) is 4.84. The molecule has 1 aromatic heterocycles. The molecule has 0 bridgehead atoms. The maximum Gasteiger partial charge on any atom is 0.419 e. The van der Waals surface area contributed by atoms with Gasteiger partial charge in [0.1, 0.15) is 0 Å². The number of aryl methyl sites for hydroxylation is 1. The van der Waals surface area contributed by atoms with Crippen LogP contribution >= 0.6 is 0 Å². The number of hydrogen-bond donors (Lipinski definition) is 1. The third kappa shape index (κ3) is 1.57. The van der Waals surface area contributed by atoms with E-state index in [-0.39, 0.29) is 18.3 Å². The van der Waals surface area contributed by atoms with Crippen molar-refractivity contribution in [1.82, 2.24) is 4.57 Å². The lowest BCUT2D eigenvalue weighted by atomic mass is 10.0. The van der Waals surface area contributed by atoms with E-state index in [9.17, 15) is 4.79 Å². The van der Waals surface area contributed by atoms with Crippen molar-refractivity contribution >= 4 is 11.1 Å². The van der Waals surface area contributed by atoms with Crippen molar-refractivity contribution in [2.45, 2.75) is 12.8 Å². The van der Waals surface area contributed by atoms with Gasteiger partial charge in [0.15, 0.2) is 5.58 Å². The molecule has 2 aromatic rings. The summed E-state index contributed by atoms with van der Waals surface area (Å²) in [5.74, 6) is -0.293. The largest absolute Gasteiger partial charge is 0.419 e. The predicted octanol–water partition coefficient (Wildman–Crippen LogP) is 1.23. The minimum Gasteiger partial charge on any atom is -0.408 e. The van der Waals surface area contributed by atoms with Gasteiger partial charge in [0, 0.05) is 19.6 Å². The lowest BCUT2D eigenvalue weighted by Crippen LogP contribution is -2.08. The summed E-state index contributed by atoms with van der Waals surface area (Å²) in [6.07, 6.45) is 0. The Hall–Kier alpha value is -1.55. The smallest absolute Gasteiger partial charge is 0.408 e. The maximum atomic E-state index is 11.2. The van der Waals surface area contributed by atoms with Gasteiger partial charge in [-0.1, -0.05) is 13.0 Å². The molecule has 80 valence electrons. The number of aliphatic hydroxyl groups excluding tert-OH is 1. The van der Waals surface area contributed by atoms with Crippen LogP contribution in [0.5, 0.6) is 0 Å². The number of hydrogen-bond acceptors (Lipinski definition) is 3. The van der Waals surface area contributed by atoms with Crippen LogP contribution in [0.1, 0.15) is 18.4 Å². The summed E-state index contributed by atoms with van der Waals surface area (Å²) < 4.78 is 6.47. The molecular weight excluding hydrogens is 194 g/mol. The van der Waals surface area contributed by atoms with Crippen LogP contribution in [0.25, 0.3) is 11.1 Å². The zero-order chi connectivity index (χ0) is 11.0. The second-order valence-corrected chi connectivity index (χ2v) is 3.74. The van der Waals surface area contributed by atoms with E-state index < -0.39 is 0 Å². The average Bonchev–Trinajstić information content (AvgIpc) is 2.54. The summed E-state index contributed by atoms with van der Waals surface area (Å²) in [5.41, 5.74) is 2.34. The van der Waals surface area contributed by atoms with E-state index >= 15 is 0 Å². The van der Waals surface area contributed by atoms with Crippen LogP contribution in [0.3, 0.4) is 0 Å². The first-order valence-electron chi connectivity index (χ1n) is 4.84. The number of aromatic nitrogens is 1. The Kier molecular flexibility index (Phi) is 2.36. The summed E-state index contributed by atoms with van der Waals surface area (Å²) in [6.45, 7) is 2.02. The number of benzene rings is 1. The van der Waals surface area contributed by atoms with Gasteiger partial charge in [0.05, 0.1) is 5.52 Å². The first-order chi connectivity index (χ1) is 7.13. The van der Waals surface area contributed by atoms with Crippen molar-refractivity contribution in [3.8, 4) is 0 Å². The Balaban J connectivity index is 2.64. The predicted molar refractivity (Wildman–Crippen MR) is 57.0 cm³/mol. The minimum atomic E-state index is -0.362. The average molecular weight is 207 g/mol. The van der Waals surface area contributed by atoms with Gasteiger partial charge < -0.3 is 9.52 Å². The van der Waals surface area contributed by atoms with Gasteiger partial charge in [-0.2, -0.15) is 0 Å². The van der Waals surface area contributed by atoms with Crippen LogP contribution in [-0.2, 0) is 7.05 Å². The lowest BCUT2D eigenvalue weighted by Gasteiger charge is -2.07. The standard InChI is InChI=1S/C11H13NO3/c1-7(6-13)8-3-4-10-9(5-8)12(2)11(14)15-10/h3-5,7,13H,6H2,1-2H3. The number of nitrogens with zero attached hydrogens (tertiary/aromatic N) is 1. The fraction of sp³-hybridized carbons (Fsp3) is 0.364. The molecule has 0 radical (unpaired) electrons. The summed E-state index contributed by atoms with van der Waals surface area (Å²) in [4.78, 5) is 11.2. The van der Waals surface area contributed by atoms with Crippen LogP contribution in [0.4, 0.5) is 0 Å². The van der Waals surface area contributed by atoms with Gasteiger partial charge in [-0.05, 0) is 17.7 Å². The van der Waals surface area contributed by atoms with Gasteiger partial charge >= 0.3 is 5.76 Å². The number of oxazole rings is 1.